The number of rotatable bonds is 41. The van der Waals surface area contributed by atoms with Gasteiger partial charge in [0.2, 0.25) is 0 Å². The highest BCUT2D eigenvalue weighted by molar-refractivity contribution is 7.47. The van der Waals surface area contributed by atoms with Gasteiger partial charge in [0.05, 0.1) is 33.9 Å². The van der Waals surface area contributed by atoms with E-state index in [1.807, 2.05) is 39.4 Å². The van der Waals surface area contributed by atoms with Crippen LogP contribution in [0.2, 0.25) is 0 Å². The van der Waals surface area contributed by atoms with Crippen molar-refractivity contribution in [2.45, 2.75) is 180 Å². The Kier molecular flexibility index (Phi) is 38.7. The molecule has 10 nitrogen and oxygen atoms in total. The maximum absolute atomic E-state index is 12.7. The van der Waals surface area contributed by atoms with Gasteiger partial charge in [0, 0.05) is 12.8 Å². The molecular weight excluding hydrogens is 778 g/mol. The van der Waals surface area contributed by atoms with Crippen LogP contribution in [0.3, 0.4) is 0 Å². The molecule has 0 radical (unpaired) electrons. The van der Waals surface area contributed by atoms with Gasteiger partial charge in [0.25, 0.3) is 0 Å². The lowest BCUT2D eigenvalue weighted by molar-refractivity contribution is -0.870. The summed E-state index contributed by atoms with van der Waals surface area (Å²) < 4.78 is 34.3. The van der Waals surface area contributed by atoms with Crippen LogP contribution in [0.15, 0.2) is 72.9 Å². The number of allylic oxidation sites excluding steroid dienone is 11. The number of carbonyl (C=O) groups excluding carboxylic acids is 2. The van der Waals surface area contributed by atoms with Crippen LogP contribution in [0.25, 0.3) is 0 Å². The first-order chi connectivity index (χ1) is 28.9. The molecule has 2 N–H and O–H groups in total. The molecule has 0 fully saturated rings. The molecule has 60 heavy (non-hydrogen) atoms. The monoisotopic (exact) mass is 865 g/mol. The Morgan fingerprint density at radius 2 is 1.15 bits per heavy atom. The zero-order valence-corrected chi connectivity index (χ0v) is 39.4. The summed E-state index contributed by atoms with van der Waals surface area (Å²) in [6.45, 7) is 4.13. The molecule has 0 amide bonds. The average molecular weight is 865 g/mol. The van der Waals surface area contributed by atoms with Gasteiger partial charge in [-0.25, -0.2) is 4.57 Å². The molecule has 11 heteroatoms. The minimum atomic E-state index is -4.41. The number of aliphatic hydroxyl groups excluding tert-OH is 1. The predicted molar refractivity (Wildman–Crippen MR) is 248 cm³/mol. The molecular formula is C49H87NO9P+. The molecule has 0 aromatic heterocycles. The minimum Gasteiger partial charge on any atom is -0.462 e. The summed E-state index contributed by atoms with van der Waals surface area (Å²) in [7, 11) is 1.40. The third kappa shape index (κ3) is 43.5. The van der Waals surface area contributed by atoms with Crippen molar-refractivity contribution in [3.05, 3.63) is 72.9 Å². The lowest BCUT2D eigenvalue weighted by atomic mass is 10.1. The van der Waals surface area contributed by atoms with Crippen LogP contribution in [0.4, 0.5) is 0 Å². The number of esters is 2. The minimum absolute atomic E-state index is 0.00921. The second kappa shape index (κ2) is 40.5. The normalized spacial score (nSPS) is 14.7. The van der Waals surface area contributed by atoms with E-state index in [2.05, 4.69) is 68.5 Å². The number of phosphoric acid groups is 1. The van der Waals surface area contributed by atoms with E-state index in [9.17, 15) is 24.2 Å². The van der Waals surface area contributed by atoms with Crippen LogP contribution in [0.5, 0.6) is 0 Å². The van der Waals surface area contributed by atoms with Gasteiger partial charge in [0.15, 0.2) is 6.10 Å². The summed E-state index contributed by atoms with van der Waals surface area (Å²) in [5.74, 6) is -0.895. The summed E-state index contributed by atoms with van der Waals surface area (Å²) in [6, 6.07) is 0. The fraction of sp³-hybridized carbons (Fsp3) is 0.714. The molecule has 3 atom stereocenters. The number of likely N-dealkylation sites (N-methyl/N-ethyl adjacent to an activating group) is 1. The van der Waals surface area contributed by atoms with Gasteiger partial charge in [-0.2, -0.15) is 0 Å². The standard InChI is InChI=1S/C49H86NO9P/c1-6-8-10-12-14-15-16-17-18-19-20-21-22-23-24-25-26-28-32-37-41-49(53)59-47(45-58-60(54,55)57-43-42-50(3,4)5)44-56-48(52)40-36-33-29-31-35-39-46(51)38-34-30-27-13-11-9-7-2/h9,11,15-16,18-19,21-22,27,30,34,38,46-47,51H,6-8,10,12-14,17,20,23-26,28-29,31-33,35-37,39-45H2,1-5H3/p+1/b11-9+,16-15-,19-18-,22-21-,30-27+,38-34+/t46?,47-/m1/s1. The number of hydrogen-bond donors (Lipinski definition) is 2. The largest absolute Gasteiger partial charge is 0.472 e. The molecule has 0 aliphatic rings. The zero-order valence-electron chi connectivity index (χ0n) is 38.5. The van der Waals surface area contributed by atoms with Crippen LogP contribution in [-0.4, -0.2) is 86.1 Å². The van der Waals surface area contributed by atoms with Crippen molar-refractivity contribution >= 4 is 19.8 Å². The summed E-state index contributed by atoms with van der Waals surface area (Å²) in [5, 5.41) is 10.2. The molecule has 0 spiro atoms. The molecule has 346 valence electrons. The van der Waals surface area contributed by atoms with E-state index in [0.29, 0.717) is 30.3 Å². The van der Waals surface area contributed by atoms with E-state index >= 15 is 0 Å². The van der Waals surface area contributed by atoms with Crippen molar-refractivity contribution in [1.82, 2.24) is 0 Å². The Hall–Kier alpha value is -2.59. The van der Waals surface area contributed by atoms with E-state index in [1.54, 1.807) is 0 Å². The number of nitrogens with zero attached hydrogens (tertiary/aromatic N) is 1. The van der Waals surface area contributed by atoms with Crippen molar-refractivity contribution in [2.24, 2.45) is 0 Å². The zero-order chi connectivity index (χ0) is 44.4. The third-order valence-corrected chi connectivity index (χ3v) is 10.6. The average Bonchev–Trinajstić information content (AvgIpc) is 3.19. The first kappa shape index (κ1) is 57.4. The quantitative estimate of drug-likeness (QED) is 0.0154. The highest BCUT2D eigenvalue weighted by Gasteiger charge is 2.27. The molecule has 0 heterocycles. The summed E-state index contributed by atoms with van der Waals surface area (Å²) >= 11 is 0. The number of hydrogen-bond acceptors (Lipinski definition) is 8. The van der Waals surface area contributed by atoms with Gasteiger partial charge < -0.3 is 24.0 Å². The van der Waals surface area contributed by atoms with E-state index < -0.39 is 38.6 Å². The number of carbonyl (C=O) groups is 2. The molecule has 0 bridgehead atoms. The predicted octanol–water partition coefficient (Wildman–Crippen LogP) is 12.4. The van der Waals surface area contributed by atoms with Gasteiger partial charge in [-0.15, -0.1) is 0 Å². The molecule has 0 aromatic rings. The summed E-state index contributed by atoms with van der Waals surface area (Å²) in [4.78, 5) is 35.4. The molecule has 2 unspecified atom stereocenters. The second-order valence-corrected chi connectivity index (χ2v) is 18.1. The Bertz CT molecular complexity index is 1270. The number of unbranched alkanes of at least 4 members (excludes halogenated alkanes) is 14. The summed E-state index contributed by atoms with van der Waals surface area (Å²) in [6.07, 6.45) is 46.8. The fourth-order valence-corrected chi connectivity index (χ4v) is 6.65. The molecule has 0 rings (SSSR count). The van der Waals surface area contributed by atoms with Crippen LogP contribution < -0.4 is 0 Å². The lowest BCUT2D eigenvalue weighted by Gasteiger charge is -2.24. The van der Waals surface area contributed by atoms with Crippen LogP contribution in [-0.2, 0) is 32.7 Å². The highest BCUT2D eigenvalue weighted by atomic mass is 31.2. The Morgan fingerprint density at radius 1 is 0.617 bits per heavy atom. The molecule has 0 aliphatic heterocycles. The smallest absolute Gasteiger partial charge is 0.462 e. The van der Waals surface area contributed by atoms with Crippen molar-refractivity contribution in [3.8, 4) is 0 Å². The van der Waals surface area contributed by atoms with Gasteiger partial charge in [-0.3, -0.25) is 18.6 Å². The number of quaternary nitrogens is 1. The molecule has 0 saturated heterocycles. The Balaban J connectivity index is 4.44. The van der Waals surface area contributed by atoms with Gasteiger partial charge in [-0.05, 0) is 70.6 Å². The first-order valence-corrected chi connectivity index (χ1v) is 24.8. The SMILES string of the molecule is CC/C=C/C/C=C/C=C/C(O)CCCCCCCC(=O)OC[C@H](COP(=O)(O)OCC[N+](C)(C)C)OC(=O)CCCCCCCC/C=C\C/C=C\C/C=C\CCCCCC. The second-order valence-electron chi connectivity index (χ2n) is 16.6. The number of ether oxygens (including phenoxy) is 2. The number of phosphoric ester groups is 1. The van der Waals surface area contributed by atoms with Crippen LogP contribution in [0.1, 0.15) is 168 Å². The summed E-state index contributed by atoms with van der Waals surface area (Å²) in [5.41, 5.74) is 0. The highest BCUT2D eigenvalue weighted by Crippen LogP contribution is 2.43. The van der Waals surface area contributed by atoms with Gasteiger partial charge in [-0.1, -0.05) is 157 Å². The van der Waals surface area contributed by atoms with E-state index in [4.69, 9.17) is 18.5 Å². The third-order valence-electron chi connectivity index (χ3n) is 9.57. The Labute approximate surface area is 366 Å². The molecule has 0 aliphatic carbocycles. The van der Waals surface area contributed by atoms with Crippen molar-refractivity contribution in [1.29, 1.82) is 0 Å². The Morgan fingerprint density at radius 3 is 1.77 bits per heavy atom. The van der Waals surface area contributed by atoms with Crippen molar-refractivity contribution in [3.63, 3.8) is 0 Å². The first-order valence-electron chi connectivity index (χ1n) is 23.3. The van der Waals surface area contributed by atoms with Gasteiger partial charge >= 0.3 is 19.8 Å². The van der Waals surface area contributed by atoms with E-state index in [-0.39, 0.29) is 26.1 Å². The molecule has 0 saturated carbocycles. The van der Waals surface area contributed by atoms with Crippen molar-refractivity contribution < 1.29 is 47.2 Å². The lowest BCUT2D eigenvalue weighted by Crippen LogP contribution is -2.37. The maximum Gasteiger partial charge on any atom is 0.472 e. The fourth-order valence-electron chi connectivity index (χ4n) is 5.91. The van der Waals surface area contributed by atoms with E-state index in [1.165, 1.54) is 32.1 Å². The maximum atomic E-state index is 12.7. The van der Waals surface area contributed by atoms with E-state index in [0.717, 1.165) is 89.9 Å². The number of aliphatic hydroxyl groups is 1. The van der Waals surface area contributed by atoms with Gasteiger partial charge in [0.1, 0.15) is 19.8 Å². The van der Waals surface area contributed by atoms with Crippen molar-refractivity contribution in [2.75, 3.05) is 47.5 Å². The topological polar surface area (TPSA) is 129 Å². The van der Waals surface area contributed by atoms with Crippen LogP contribution >= 0.6 is 7.82 Å². The molecule has 0 aromatic carbocycles. The van der Waals surface area contributed by atoms with Crippen LogP contribution in [0, 0.1) is 0 Å².